The summed E-state index contributed by atoms with van der Waals surface area (Å²) in [6.45, 7) is 3.96. The summed E-state index contributed by atoms with van der Waals surface area (Å²) in [6.07, 6.45) is -2.21. The Morgan fingerprint density at radius 2 is 2.16 bits per heavy atom. The lowest BCUT2D eigenvalue weighted by Gasteiger charge is -2.29. The highest BCUT2D eigenvalue weighted by molar-refractivity contribution is 5.34. The summed E-state index contributed by atoms with van der Waals surface area (Å²) >= 11 is 0. The Kier molecular flexibility index (Phi) is 4.24. The minimum absolute atomic E-state index is 0.152. The fourth-order valence-electron chi connectivity index (χ4n) is 2.22. The van der Waals surface area contributed by atoms with Crippen LogP contribution in [0, 0.1) is 5.92 Å². The number of nitrogens with zero attached hydrogens (tertiary/aromatic N) is 2. The van der Waals surface area contributed by atoms with Gasteiger partial charge in [-0.15, -0.1) is 10.2 Å². The lowest BCUT2D eigenvalue weighted by molar-refractivity contribution is -0.141. The highest BCUT2D eigenvalue weighted by atomic mass is 19.4. The Labute approximate surface area is 109 Å². The molecule has 1 saturated heterocycles. The molecule has 0 bridgehead atoms. The highest BCUT2D eigenvalue weighted by Crippen LogP contribution is 2.27. The minimum Gasteiger partial charge on any atom is -0.366 e. The molecule has 1 fully saturated rings. The van der Waals surface area contributed by atoms with Crippen molar-refractivity contribution in [2.24, 2.45) is 5.92 Å². The van der Waals surface area contributed by atoms with Crippen molar-refractivity contribution in [2.45, 2.75) is 32.0 Å². The van der Waals surface area contributed by atoms with Crippen LogP contribution in [0.15, 0.2) is 12.1 Å². The van der Waals surface area contributed by atoms with E-state index in [2.05, 4.69) is 20.8 Å². The van der Waals surface area contributed by atoms with Gasteiger partial charge in [-0.2, -0.15) is 13.2 Å². The van der Waals surface area contributed by atoms with Crippen LogP contribution in [0.5, 0.6) is 0 Å². The number of aromatic nitrogens is 2. The van der Waals surface area contributed by atoms with Crippen LogP contribution < -0.4 is 10.6 Å². The third-order valence-electron chi connectivity index (χ3n) is 3.37. The van der Waals surface area contributed by atoms with E-state index < -0.39 is 11.9 Å². The Bertz CT molecular complexity index is 398. The second kappa shape index (κ2) is 5.73. The van der Waals surface area contributed by atoms with Crippen LogP contribution in [0.4, 0.5) is 19.0 Å². The van der Waals surface area contributed by atoms with Gasteiger partial charge < -0.3 is 10.6 Å². The van der Waals surface area contributed by atoms with Gasteiger partial charge in [0, 0.05) is 6.04 Å². The molecule has 2 N–H and O–H groups in total. The third-order valence-corrected chi connectivity index (χ3v) is 3.37. The number of anilines is 1. The summed E-state index contributed by atoms with van der Waals surface area (Å²) in [7, 11) is 0. The van der Waals surface area contributed by atoms with Gasteiger partial charge >= 0.3 is 6.18 Å². The Balaban J connectivity index is 1.95. The van der Waals surface area contributed by atoms with Crippen molar-refractivity contribution < 1.29 is 13.2 Å². The second-order valence-corrected chi connectivity index (χ2v) is 4.84. The number of piperidine rings is 1. The number of hydrogen-bond donors (Lipinski definition) is 2. The average molecular weight is 274 g/mol. The zero-order chi connectivity index (χ0) is 13.9. The van der Waals surface area contributed by atoms with Gasteiger partial charge in [-0.25, -0.2) is 0 Å². The summed E-state index contributed by atoms with van der Waals surface area (Å²) in [5.41, 5.74) is -0.968. The van der Waals surface area contributed by atoms with Crippen molar-refractivity contribution in [3.05, 3.63) is 17.8 Å². The normalized spacial score (nSPS) is 22.0. The number of nitrogens with one attached hydrogen (secondary N) is 2. The van der Waals surface area contributed by atoms with Crippen molar-refractivity contribution >= 4 is 5.82 Å². The molecule has 1 aromatic rings. The summed E-state index contributed by atoms with van der Waals surface area (Å²) in [4.78, 5) is 0. The summed E-state index contributed by atoms with van der Waals surface area (Å²) in [6, 6.07) is 2.42. The van der Waals surface area contributed by atoms with Gasteiger partial charge in [0.25, 0.3) is 0 Å². The van der Waals surface area contributed by atoms with Gasteiger partial charge in [0.1, 0.15) is 5.82 Å². The van der Waals surface area contributed by atoms with Gasteiger partial charge in [0.15, 0.2) is 5.69 Å². The van der Waals surface area contributed by atoms with Crippen molar-refractivity contribution in [3.8, 4) is 0 Å². The van der Waals surface area contributed by atoms with Gasteiger partial charge in [0.2, 0.25) is 0 Å². The van der Waals surface area contributed by atoms with Crippen molar-refractivity contribution in [3.63, 3.8) is 0 Å². The topological polar surface area (TPSA) is 49.8 Å². The van der Waals surface area contributed by atoms with Crippen LogP contribution >= 0.6 is 0 Å². The molecule has 2 unspecified atom stereocenters. The molecule has 106 valence electrons. The Morgan fingerprint density at radius 3 is 2.68 bits per heavy atom. The van der Waals surface area contributed by atoms with E-state index in [1.807, 2.05) is 6.92 Å². The zero-order valence-corrected chi connectivity index (χ0v) is 10.7. The molecule has 2 heterocycles. The maximum atomic E-state index is 12.3. The summed E-state index contributed by atoms with van der Waals surface area (Å²) < 4.78 is 37.0. The second-order valence-electron chi connectivity index (χ2n) is 4.84. The van der Waals surface area contributed by atoms with Crippen molar-refractivity contribution in [1.82, 2.24) is 15.5 Å². The highest BCUT2D eigenvalue weighted by Gasteiger charge is 2.33. The molecular formula is C12H17F3N4. The van der Waals surface area contributed by atoms with Gasteiger partial charge in [-0.05, 0) is 50.9 Å². The van der Waals surface area contributed by atoms with Crippen LogP contribution in [0.3, 0.4) is 0 Å². The predicted molar refractivity (Wildman–Crippen MR) is 65.7 cm³/mol. The lowest BCUT2D eigenvalue weighted by atomic mass is 9.93. The number of halogens is 3. The van der Waals surface area contributed by atoms with Gasteiger partial charge in [-0.3, -0.25) is 0 Å². The van der Waals surface area contributed by atoms with E-state index in [1.54, 1.807) is 0 Å². The predicted octanol–water partition coefficient (Wildman–Crippen LogP) is 2.30. The van der Waals surface area contributed by atoms with Crippen LogP contribution in [0.25, 0.3) is 0 Å². The number of hydrogen-bond acceptors (Lipinski definition) is 4. The molecule has 0 spiro atoms. The maximum Gasteiger partial charge on any atom is 0.435 e. The zero-order valence-electron chi connectivity index (χ0n) is 10.7. The fourth-order valence-corrected chi connectivity index (χ4v) is 2.22. The smallest absolute Gasteiger partial charge is 0.366 e. The first-order valence-corrected chi connectivity index (χ1v) is 6.35. The molecule has 0 amide bonds. The van der Waals surface area contributed by atoms with Crippen LogP contribution in [0.2, 0.25) is 0 Å². The SMILES string of the molecule is CC(Nc1ccc(C(F)(F)F)nn1)C1CCCNC1. The van der Waals surface area contributed by atoms with Crippen LogP contribution in [0.1, 0.15) is 25.5 Å². The molecule has 7 heteroatoms. The van der Waals surface area contributed by atoms with Crippen molar-refractivity contribution in [2.75, 3.05) is 18.4 Å². The summed E-state index contributed by atoms with van der Waals surface area (Å²) in [5.74, 6) is 0.837. The molecule has 0 aromatic carbocycles. The molecule has 0 aliphatic carbocycles. The number of alkyl halides is 3. The quantitative estimate of drug-likeness (QED) is 0.888. The van der Waals surface area contributed by atoms with E-state index in [0.29, 0.717) is 11.7 Å². The first-order valence-electron chi connectivity index (χ1n) is 6.35. The first-order chi connectivity index (χ1) is 8.97. The van der Waals surface area contributed by atoms with Gasteiger partial charge in [-0.1, -0.05) is 0 Å². The van der Waals surface area contributed by atoms with E-state index in [4.69, 9.17) is 0 Å². The largest absolute Gasteiger partial charge is 0.435 e. The first kappa shape index (κ1) is 14.0. The van der Waals surface area contributed by atoms with E-state index in [9.17, 15) is 13.2 Å². The molecule has 19 heavy (non-hydrogen) atoms. The molecule has 0 radical (unpaired) electrons. The molecule has 1 aliphatic heterocycles. The van der Waals surface area contributed by atoms with Crippen molar-refractivity contribution in [1.29, 1.82) is 0 Å². The Hall–Kier alpha value is -1.37. The molecule has 2 rings (SSSR count). The maximum absolute atomic E-state index is 12.3. The van der Waals surface area contributed by atoms with E-state index in [0.717, 1.165) is 32.0 Å². The number of rotatable bonds is 3. The van der Waals surface area contributed by atoms with Crippen LogP contribution in [-0.2, 0) is 6.18 Å². The average Bonchev–Trinajstić information content (AvgIpc) is 2.39. The van der Waals surface area contributed by atoms with E-state index >= 15 is 0 Å². The fraction of sp³-hybridized carbons (Fsp3) is 0.667. The standard InChI is InChI=1S/C12H17F3N4/c1-8(9-3-2-6-16-7-9)17-11-5-4-10(18-19-11)12(13,14)15/h4-5,8-9,16H,2-3,6-7H2,1H3,(H,17,19). The monoisotopic (exact) mass is 274 g/mol. The molecule has 1 aliphatic rings. The Morgan fingerprint density at radius 1 is 1.37 bits per heavy atom. The van der Waals surface area contributed by atoms with E-state index in [1.165, 1.54) is 6.07 Å². The lowest BCUT2D eigenvalue weighted by Crippen LogP contribution is -2.39. The molecule has 2 atom stereocenters. The van der Waals surface area contributed by atoms with Gasteiger partial charge in [0.05, 0.1) is 0 Å². The molecule has 4 nitrogen and oxygen atoms in total. The minimum atomic E-state index is -4.44. The van der Waals surface area contributed by atoms with E-state index in [-0.39, 0.29) is 6.04 Å². The third kappa shape index (κ3) is 3.79. The molecule has 0 saturated carbocycles. The van der Waals surface area contributed by atoms with Crippen LogP contribution in [-0.4, -0.2) is 29.3 Å². The summed E-state index contributed by atoms with van der Waals surface area (Å²) in [5, 5.41) is 13.2. The molecule has 1 aromatic heterocycles. The molecular weight excluding hydrogens is 257 g/mol.